The Bertz CT molecular complexity index is 915. The fraction of sp³-hybridized carbons (Fsp3) is 0.333. The third-order valence-electron chi connectivity index (χ3n) is 5.36. The van der Waals surface area contributed by atoms with Crippen LogP contribution in [0.25, 0.3) is 0 Å². The fourth-order valence-corrected chi connectivity index (χ4v) is 3.72. The molecule has 2 fully saturated rings. The lowest BCUT2D eigenvalue weighted by atomic mass is 9.89. The molecular formula is C21H21F2N3O3. The van der Waals surface area contributed by atoms with Crippen LogP contribution in [0.2, 0.25) is 0 Å². The number of hydrogen-bond donors (Lipinski definition) is 1. The fourth-order valence-electron chi connectivity index (χ4n) is 3.72. The Balaban J connectivity index is 1.34. The molecule has 1 N–H and O–H groups in total. The maximum Gasteiger partial charge on any atom is 0.321 e. The molecule has 2 heterocycles. The lowest BCUT2D eigenvalue weighted by molar-refractivity contribution is -0.212. The van der Waals surface area contributed by atoms with Crippen molar-refractivity contribution >= 4 is 17.6 Å². The van der Waals surface area contributed by atoms with Crippen LogP contribution in [-0.4, -0.2) is 40.6 Å². The van der Waals surface area contributed by atoms with E-state index >= 15 is 0 Å². The molecule has 0 aromatic heterocycles. The van der Waals surface area contributed by atoms with Crippen molar-refractivity contribution in [3.63, 3.8) is 0 Å². The van der Waals surface area contributed by atoms with Crippen molar-refractivity contribution in [2.75, 3.05) is 18.4 Å². The van der Waals surface area contributed by atoms with E-state index in [9.17, 15) is 18.4 Å². The van der Waals surface area contributed by atoms with Crippen molar-refractivity contribution in [3.05, 3.63) is 65.7 Å². The number of amides is 3. The summed E-state index contributed by atoms with van der Waals surface area (Å²) in [7, 11) is 0. The van der Waals surface area contributed by atoms with Crippen LogP contribution in [0, 0.1) is 11.6 Å². The van der Waals surface area contributed by atoms with Crippen molar-refractivity contribution in [1.29, 1.82) is 0 Å². The van der Waals surface area contributed by atoms with Gasteiger partial charge in [0.15, 0.2) is 0 Å². The van der Waals surface area contributed by atoms with E-state index in [0.717, 1.165) is 17.7 Å². The summed E-state index contributed by atoms with van der Waals surface area (Å²) in [6.45, 7) is 1.14. The number of piperidine rings is 1. The van der Waals surface area contributed by atoms with Crippen molar-refractivity contribution in [2.45, 2.75) is 31.4 Å². The number of carbonyl (C=O) groups excluding carboxylic acids is 2. The van der Waals surface area contributed by atoms with Gasteiger partial charge in [-0.2, -0.15) is 0 Å². The first-order chi connectivity index (χ1) is 13.9. The van der Waals surface area contributed by atoms with Crippen molar-refractivity contribution in [3.8, 4) is 0 Å². The number of anilines is 1. The van der Waals surface area contributed by atoms with Gasteiger partial charge in [-0.25, -0.2) is 18.6 Å². The molecule has 0 unspecified atom stereocenters. The zero-order valence-electron chi connectivity index (χ0n) is 15.7. The predicted octanol–water partition coefficient (Wildman–Crippen LogP) is 3.70. The molecule has 4 rings (SSSR count). The van der Waals surface area contributed by atoms with E-state index in [4.69, 9.17) is 4.84 Å². The van der Waals surface area contributed by atoms with Crippen molar-refractivity contribution in [2.24, 2.45) is 0 Å². The molecule has 2 aliphatic heterocycles. The van der Waals surface area contributed by atoms with Crippen LogP contribution in [0.5, 0.6) is 0 Å². The first kappa shape index (κ1) is 19.3. The second-order valence-corrected chi connectivity index (χ2v) is 7.41. The number of urea groups is 1. The van der Waals surface area contributed by atoms with Gasteiger partial charge in [-0.3, -0.25) is 9.63 Å². The molecule has 2 aromatic carbocycles. The van der Waals surface area contributed by atoms with Crippen LogP contribution < -0.4 is 5.32 Å². The lowest BCUT2D eigenvalue weighted by Crippen LogP contribution is -2.48. The summed E-state index contributed by atoms with van der Waals surface area (Å²) >= 11 is 0. The Hall–Kier alpha value is -3.00. The second-order valence-electron chi connectivity index (χ2n) is 7.41. The number of likely N-dealkylation sites (tertiary alicyclic amines) is 1. The molecule has 0 bridgehead atoms. The van der Waals surface area contributed by atoms with Crippen LogP contribution in [0.1, 0.15) is 24.8 Å². The Morgan fingerprint density at radius 1 is 1.10 bits per heavy atom. The van der Waals surface area contributed by atoms with E-state index in [1.165, 1.54) is 11.1 Å². The van der Waals surface area contributed by atoms with E-state index in [0.29, 0.717) is 32.5 Å². The molecule has 6 nitrogen and oxygen atoms in total. The number of benzene rings is 2. The van der Waals surface area contributed by atoms with E-state index in [2.05, 4.69) is 5.32 Å². The van der Waals surface area contributed by atoms with Gasteiger partial charge in [-0.15, -0.1) is 0 Å². The topological polar surface area (TPSA) is 61.9 Å². The van der Waals surface area contributed by atoms with Crippen molar-refractivity contribution < 1.29 is 23.2 Å². The third-order valence-corrected chi connectivity index (χ3v) is 5.36. The largest absolute Gasteiger partial charge is 0.324 e. The van der Waals surface area contributed by atoms with E-state index in [1.54, 1.807) is 4.90 Å². The van der Waals surface area contributed by atoms with Gasteiger partial charge in [0.1, 0.15) is 17.2 Å². The standard InChI is InChI=1S/C21H21F2N3O3/c22-16-6-7-18(17(23)12-16)24-20(28)25-10-8-21(9-11-25)13-19(27)26(29-21)14-15-4-2-1-3-5-15/h1-7,12H,8-11,13-14H2,(H,24,28). The van der Waals surface area contributed by atoms with Gasteiger partial charge >= 0.3 is 6.03 Å². The lowest BCUT2D eigenvalue weighted by Gasteiger charge is -2.37. The van der Waals surface area contributed by atoms with Gasteiger partial charge in [-0.1, -0.05) is 30.3 Å². The quantitative estimate of drug-likeness (QED) is 0.853. The number of nitrogens with one attached hydrogen (secondary N) is 1. The number of hydroxylamine groups is 2. The highest BCUT2D eigenvalue weighted by Crippen LogP contribution is 2.37. The zero-order valence-corrected chi connectivity index (χ0v) is 15.7. The summed E-state index contributed by atoms with van der Waals surface area (Å²) in [5, 5.41) is 3.87. The Labute approximate surface area is 167 Å². The summed E-state index contributed by atoms with van der Waals surface area (Å²) < 4.78 is 26.7. The molecule has 2 saturated heterocycles. The first-order valence-corrected chi connectivity index (χ1v) is 9.49. The molecule has 2 aliphatic rings. The Morgan fingerprint density at radius 2 is 1.83 bits per heavy atom. The van der Waals surface area contributed by atoms with Gasteiger partial charge < -0.3 is 10.2 Å². The number of halogens is 2. The Kier molecular flexibility index (Phi) is 5.19. The molecule has 0 saturated carbocycles. The third kappa shape index (κ3) is 4.22. The number of nitrogens with zero attached hydrogens (tertiary/aromatic N) is 2. The summed E-state index contributed by atoms with van der Waals surface area (Å²) in [6, 6.07) is 12.1. The Morgan fingerprint density at radius 3 is 2.52 bits per heavy atom. The van der Waals surface area contributed by atoms with Gasteiger partial charge in [0.05, 0.1) is 18.7 Å². The van der Waals surface area contributed by atoms with Gasteiger partial charge in [0, 0.05) is 19.2 Å². The van der Waals surface area contributed by atoms with Crippen LogP contribution >= 0.6 is 0 Å². The first-order valence-electron chi connectivity index (χ1n) is 9.49. The molecule has 8 heteroatoms. The summed E-state index contributed by atoms with van der Waals surface area (Å²) in [5.74, 6) is -1.60. The average Bonchev–Trinajstić information content (AvgIpc) is 3.00. The minimum absolute atomic E-state index is 0.0693. The van der Waals surface area contributed by atoms with Crippen molar-refractivity contribution in [1.82, 2.24) is 9.96 Å². The molecule has 0 aliphatic carbocycles. The molecule has 3 amide bonds. The van der Waals surface area contributed by atoms with Crippen LogP contribution in [0.3, 0.4) is 0 Å². The minimum atomic E-state index is -0.826. The molecule has 0 radical (unpaired) electrons. The maximum absolute atomic E-state index is 13.7. The average molecular weight is 401 g/mol. The highest BCUT2D eigenvalue weighted by atomic mass is 19.1. The van der Waals surface area contributed by atoms with Crippen LogP contribution in [0.15, 0.2) is 48.5 Å². The summed E-state index contributed by atoms with van der Waals surface area (Å²) in [6.07, 6.45) is 1.29. The number of rotatable bonds is 3. The summed E-state index contributed by atoms with van der Waals surface area (Å²) in [5.41, 5.74) is 0.304. The number of carbonyl (C=O) groups is 2. The van der Waals surface area contributed by atoms with Gasteiger partial charge in [0.2, 0.25) is 5.91 Å². The van der Waals surface area contributed by atoms with E-state index in [1.807, 2.05) is 30.3 Å². The second kappa shape index (κ2) is 7.79. The van der Waals surface area contributed by atoms with Crippen LogP contribution in [0.4, 0.5) is 19.3 Å². The minimum Gasteiger partial charge on any atom is -0.324 e. The highest BCUT2D eigenvalue weighted by Gasteiger charge is 2.47. The monoisotopic (exact) mass is 401 g/mol. The zero-order chi connectivity index (χ0) is 20.4. The number of hydrogen-bond acceptors (Lipinski definition) is 3. The summed E-state index contributed by atoms with van der Waals surface area (Å²) in [4.78, 5) is 32.4. The van der Waals surface area contributed by atoms with Crippen LogP contribution in [-0.2, 0) is 16.2 Å². The normalized spacial score (nSPS) is 18.3. The van der Waals surface area contributed by atoms with E-state index in [-0.39, 0.29) is 18.0 Å². The SMILES string of the molecule is O=C(Nc1ccc(F)cc1F)N1CCC2(CC1)CC(=O)N(Cc1ccccc1)O2. The molecule has 1 spiro atoms. The highest BCUT2D eigenvalue weighted by molar-refractivity contribution is 5.89. The molecule has 2 aromatic rings. The molecule has 152 valence electrons. The van der Waals surface area contributed by atoms with E-state index < -0.39 is 23.3 Å². The molecule has 0 atom stereocenters. The smallest absolute Gasteiger partial charge is 0.321 e. The molecular weight excluding hydrogens is 380 g/mol. The molecule has 29 heavy (non-hydrogen) atoms. The van der Waals surface area contributed by atoms with Gasteiger partial charge in [-0.05, 0) is 30.5 Å². The van der Waals surface area contributed by atoms with Gasteiger partial charge in [0.25, 0.3) is 0 Å². The maximum atomic E-state index is 13.7. The predicted molar refractivity (Wildman–Crippen MR) is 102 cm³/mol.